The van der Waals surface area contributed by atoms with Gasteiger partial charge in [-0.25, -0.2) is 18.1 Å². The van der Waals surface area contributed by atoms with Crippen molar-refractivity contribution >= 4 is 27.3 Å². The molecule has 3 heterocycles. The molecule has 9 heteroatoms. The number of nitrogens with one attached hydrogen (secondary N) is 1. The Hall–Kier alpha value is -2.03. The Morgan fingerprint density at radius 1 is 1.24 bits per heavy atom. The molecule has 3 rings (SSSR count). The summed E-state index contributed by atoms with van der Waals surface area (Å²) >= 11 is 5.70. The van der Waals surface area contributed by atoms with Crippen molar-refractivity contribution in [3.8, 4) is 0 Å². The van der Waals surface area contributed by atoms with Gasteiger partial charge in [0.15, 0.2) is 11.5 Å². The van der Waals surface area contributed by atoms with Crippen molar-refractivity contribution in [3.63, 3.8) is 0 Å². The van der Waals surface area contributed by atoms with Crippen LogP contribution >= 0.6 is 11.6 Å². The summed E-state index contributed by atoms with van der Waals surface area (Å²) in [6.45, 7) is 0.0213. The van der Waals surface area contributed by atoms with Crippen LogP contribution in [-0.2, 0) is 16.6 Å². The van der Waals surface area contributed by atoms with Crippen LogP contribution in [0.4, 0.5) is 0 Å². The van der Waals surface area contributed by atoms with Crippen LogP contribution in [0.3, 0.4) is 0 Å². The molecule has 0 aliphatic rings. The average Bonchev–Trinajstić information content (AvgIpc) is 2.88. The van der Waals surface area contributed by atoms with Gasteiger partial charge >= 0.3 is 0 Å². The molecular formula is C12H10ClN5O2S. The Kier molecular flexibility index (Phi) is 3.58. The predicted molar refractivity (Wildman–Crippen MR) is 76.3 cm³/mol. The second-order valence-corrected chi connectivity index (χ2v) is 6.34. The lowest BCUT2D eigenvalue weighted by Gasteiger charge is -2.05. The minimum atomic E-state index is -3.68. The van der Waals surface area contributed by atoms with Crippen molar-refractivity contribution in [1.29, 1.82) is 0 Å². The van der Waals surface area contributed by atoms with E-state index in [1.807, 2.05) is 12.1 Å². The number of aromatic nitrogens is 4. The maximum atomic E-state index is 12.2. The van der Waals surface area contributed by atoms with Crippen molar-refractivity contribution < 1.29 is 8.42 Å². The number of fused-ring (bicyclic) bond motifs is 1. The van der Waals surface area contributed by atoms with Crippen LogP contribution in [0.15, 0.2) is 47.6 Å². The van der Waals surface area contributed by atoms with Crippen molar-refractivity contribution in [3.05, 3.63) is 53.7 Å². The Morgan fingerprint density at radius 3 is 2.90 bits per heavy atom. The minimum Gasteiger partial charge on any atom is -0.285 e. The molecule has 0 saturated carbocycles. The van der Waals surface area contributed by atoms with Crippen LogP contribution in [0.25, 0.3) is 5.65 Å². The fourth-order valence-electron chi connectivity index (χ4n) is 1.81. The van der Waals surface area contributed by atoms with Gasteiger partial charge in [-0.05, 0) is 24.3 Å². The van der Waals surface area contributed by atoms with E-state index < -0.39 is 10.0 Å². The summed E-state index contributed by atoms with van der Waals surface area (Å²) in [4.78, 5) is 3.80. The zero-order valence-electron chi connectivity index (χ0n) is 10.6. The van der Waals surface area contributed by atoms with Gasteiger partial charge < -0.3 is 0 Å². The number of rotatable bonds is 4. The first kappa shape index (κ1) is 13.9. The summed E-state index contributed by atoms with van der Waals surface area (Å²) in [5.41, 5.74) is 0.652. The third-order valence-electron chi connectivity index (χ3n) is 2.81. The lowest BCUT2D eigenvalue weighted by Crippen LogP contribution is -2.24. The summed E-state index contributed by atoms with van der Waals surface area (Å²) in [5.74, 6) is 0.495. The number of pyridine rings is 2. The largest absolute Gasteiger partial charge is 0.285 e. The molecule has 0 radical (unpaired) electrons. The second-order valence-electron chi connectivity index (χ2n) is 4.18. The molecule has 0 saturated heterocycles. The van der Waals surface area contributed by atoms with E-state index in [0.717, 1.165) is 0 Å². The molecule has 1 N–H and O–H groups in total. The normalized spacial score (nSPS) is 11.9. The van der Waals surface area contributed by atoms with Gasteiger partial charge in [-0.15, -0.1) is 10.2 Å². The van der Waals surface area contributed by atoms with E-state index in [9.17, 15) is 8.42 Å². The molecule has 0 amide bonds. The molecule has 0 fully saturated rings. The quantitative estimate of drug-likeness (QED) is 0.730. The van der Waals surface area contributed by atoms with Crippen LogP contribution in [0.1, 0.15) is 5.82 Å². The number of sulfonamides is 1. The second kappa shape index (κ2) is 5.40. The minimum absolute atomic E-state index is 0.0213. The van der Waals surface area contributed by atoms with E-state index in [1.54, 1.807) is 16.7 Å². The smallest absolute Gasteiger partial charge is 0.241 e. The van der Waals surface area contributed by atoms with Crippen molar-refractivity contribution in [1.82, 2.24) is 24.3 Å². The zero-order valence-corrected chi connectivity index (χ0v) is 12.2. The summed E-state index contributed by atoms with van der Waals surface area (Å²) in [7, 11) is -3.68. The van der Waals surface area contributed by atoms with Crippen molar-refractivity contribution in [2.75, 3.05) is 0 Å². The van der Waals surface area contributed by atoms with E-state index in [1.165, 1.54) is 18.3 Å². The van der Waals surface area contributed by atoms with Crippen molar-refractivity contribution in [2.45, 2.75) is 11.4 Å². The van der Waals surface area contributed by atoms with E-state index in [0.29, 0.717) is 11.5 Å². The molecule has 108 valence electrons. The molecule has 7 nitrogen and oxygen atoms in total. The average molecular weight is 324 g/mol. The van der Waals surface area contributed by atoms with E-state index in [-0.39, 0.29) is 16.6 Å². The number of hydrogen-bond acceptors (Lipinski definition) is 5. The highest BCUT2D eigenvalue weighted by molar-refractivity contribution is 7.89. The number of hydrogen-bond donors (Lipinski definition) is 1. The molecule has 0 aromatic carbocycles. The lowest BCUT2D eigenvalue weighted by molar-refractivity contribution is 0.578. The number of halogens is 1. The maximum Gasteiger partial charge on any atom is 0.241 e. The van der Waals surface area contributed by atoms with Crippen LogP contribution in [0.5, 0.6) is 0 Å². The van der Waals surface area contributed by atoms with E-state index in [4.69, 9.17) is 11.6 Å². The highest BCUT2D eigenvalue weighted by atomic mass is 35.5. The van der Waals surface area contributed by atoms with Gasteiger partial charge in [-0.1, -0.05) is 17.7 Å². The topological polar surface area (TPSA) is 89.2 Å². The van der Waals surface area contributed by atoms with Gasteiger partial charge in [-0.2, -0.15) is 0 Å². The zero-order chi connectivity index (χ0) is 14.9. The summed E-state index contributed by atoms with van der Waals surface area (Å²) in [5, 5.41) is 8.03. The molecular weight excluding hydrogens is 314 g/mol. The SMILES string of the molecule is O=S(=O)(NCc1nnc2ccccn12)c1ccnc(Cl)c1. The summed E-state index contributed by atoms with van der Waals surface area (Å²) in [6, 6.07) is 8.09. The first-order valence-corrected chi connectivity index (χ1v) is 7.82. The molecule has 0 unspecified atom stereocenters. The van der Waals surface area contributed by atoms with Gasteiger partial charge in [0, 0.05) is 12.4 Å². The monoisotopic (exact) mass is 323 g/mol. The molecule has 0 bridgehead atoms. The fraction of sp³-hybridized carbons (Fsp3) is 0.0833. The highest BCUT2D eigenvalue weighted by Gasteiger charge is 2.16. The molecule has 21 heavy (non-hydrogen) atoms. The predicted octanol–water partition coefficient (Wildman–Crippen LogP) is 1.26. The van der Waals surface area contributed by atoms with Crippen molar-refractivity contribution in [2.24, 2.45) is 0 Å². The Morgan fingerprint density at radius 2 is 2.10 bits per heavy atom. The lowest BCUT2D eigenvalue weighted by atomic mass is 10.5. The van der Waals surface area contributed by atoms with E-state index >= 15 is 0 Å². The highest BCUT2D eigenvalue weighted by Crippen LogP contribution is 2.13. The van der Waals surface area contributed by atoms with Gasteiger partial charge in [0.2, 0.25) is 10.0 Å². The van der Waals surface area contributed by atoms with Gasteiger partial charge in [0.1, 0.15) is 5.15 Å². The first-order valence-electron chi connectivity index (χ1n) is 5.96. The summed E-state index contributed by atoms with van der Waals surface area (Å²) < 4.78 is 28.5. The first-order chi connectivity index (χ1) is 10.1. The molecule has 0 atom stereocenters. The molecule has 3 aromatic rings. The third-order valence-corrected chi connectivity index (χ3v) is 4.42. The molecule has 0 aliphatic heterocycles. The Bertz CT molecular complexity index is 893. The molecule has 0 spiro atoms. The Labute approximate surface area is 125 Å². The molecule has 0 aliphatic carbocycles. The fourth-order valence-corrected chi connectivity index (χ4v) is 3.04. The Balaban J connectivity index is 1.84. The van der Waals surface area contributed by atoms with Crippen LogP contribution in [-0.4, -0.2) is 28.0 Å². The third kappa shape index (κ3) is 2.87. The van der Waals surface area contributed by atoms with Crippen LogP contribution in [0, 0.1) is 0 Å². The maximum absolute atomic E-state index is 12.2. The van der Waals surface area contributed by atoms with Gasteiger partial charge in [0.25, 0.3) is 0 Å². The van der Waals surface area contributed by atoms with Crippen LogP contribution < -0.4 is 4.72 Å². The summed E-state index contributed by atoms with van der Waals surface area (Å²) in [6.07, 6.45) is 3.10. The van der Waals surface area contributed by atoms with Crippen LogP contribution in [0.2, 0.25) is 5.15 Å². The van der Waals surface area contributed by atoms with Gasteiger partial charge in [0.05, 0.1) is 11.4 Å². The number of nitrogens with zero attached hydrogens (tertiary/aromatic N) is 4. The van der Waals surface area contributed by atoms with Gasteiger partial charge in [-0.3, -0.25) is 4.40 Å². The standard InChI is InChI=1S/C12H10ClN5O2S/c13-10-7-9(4-5-14-10)21(19,20)15-8-12-17-16-11-3-1-2-6-18(11)12/h1-7,15H,8H2. The molecule has 3 aromatic heterocycles. The van der Waals surface area contributed by atoms with E-state index in [2.05, 4.69) is 19.9 Å².